The average molecular weight is 222 g/mol. The molecule has 0 spiro atoms. The molecule has 0 amide bonds. The second-order valence-corrected chi connectivity index (χ2v) is 4.84. The summed E-state index contributed by atoms with van der Waals surface area (Å²) in [5.74, 6) is -0.400. The number of carbonyl (C=O) groups is 1. The first-order valence-corrected chi connectivity index (χ1v) is 5.65. The SMILES string of the molecule is Cc1cc(C)c(C(=O)C(C)C(C)C)c(F)c1. The number of rotatable bonds is 3. The predicted molar refractivity (Wildman–Crippen MR) is 64.2 cm³/mol. The van der Waals surface area contributed by atoms with E-state index in [0.29, 0.717) is 0 Å². The van der Waals surface area contributed by atoms with E-state index in [0.717, 1.165) is 11.1 Å². The fourth-order valence-corrected chi connectivity index (χ4v) is 1.76. The molecule has 1 rings (SSSR count). The highest BCUT2D eigenvalue weighted by Crippen LogP contribution is 2.22. The zero-order valence-electron chi connectivity index (χ0n) is 10.6. The molecule has 0 N–H and O–H groups in total. The Hall–Kier alpha value is -1.18. The number of carbonyl (C=O) groups excluding carboxylic acids is 1. The van der Waals surface area contributed by atoms with Gasteiger partial charge >= 0.3 is 0 Å². The second kappa shape index (κ2) is 4.77. The Kier molecular flexibility index (Phi) is 3.84. The highest BCUT2D eigenvalue weighted by molar-refractivity contribution is 5.99. The van der Waals surface area contributed by atoms with E-state index < -0.39 is 5.82 Å². The van der Waals surface area contributed by atoms with Gasteiger partial charge in [-0.05, 0) is 37.0 Å². The Morgan fingerprint density at radius 1 is 1.19 bits per heavy atom. The second-order valence-electron chi connectivity index (χ2n) is 4.84. The molecule has 0 saturated heterocycles. The van der Waals surface area contributed by atoms with Crippen LogP contribution in [-0.4, -0.2) is 5.78 Å². The predicted octanol–water partition coefficient (Wildman–Crippen LogP) is 3.92. The number of Topliss-reactive ketones (excluding diaryl/α,β-unsaturated/α-hetero) is 1. The third kappa shape index (κ3) is 2.49. The number of hydrogen-bond acceptors (Lipinski definition) is 1. The van der Waals surface area contributed by atoms with Crippen molar-refractivity contribution < 1.29 is 9.18 Å². The lowest BCUT2D eigenvalue weighted by Gasteiger charge is -2.16. The number of hydrogen-bond donors (Lipinski definition) is 0. The normalized spacial score (nSPS) is 12.9. The summed E-state index contributed by atoms with van der Waals surface area (Å²) < 4.78 is 13.8. The average Bonchev–Trinajstić information content (AvgIpc) is 2.14. The lowest BCUT2D eigenvalue weighted by Crippen LogP contribution is -2.19. The van der Waals surface area contributed by atoms with Crippen molar-refractivity contribution in [3.63, 3.8) is 0 Å². The molecule has 0 radical (unpaired) electrons. The molecule has 0 aromatic heterocycles. The molecule has 1 aromatic carbocycles. The minimum atomic E-state index is -0.394. The topological polar surface area (TPSA) is 17.1 Å². The van der Waals surface area contributed by atoms with E-state index in [1.165, 1.54) is 6.07 Å². The fourth-order valence-electron chi connectivity index (χ4n) is 1.76. The fraction of sp³-hybridized carbons (Fsp3) is 0.500. The zero-order chi connectivity index (χ0) is 12.5. The minimum absolute atomic E-state index is 0.0926. The maximum atomic E-state index is 13.8. The molecular weight excluding hydrogens is 203 g/mol. The molecule has 16 heavy (non-hydrogen) atoms. The van der Waals surface area contributed by atoms with Gasteiger partial charge in [0.2, 0.25) is 0 Å². The van der Waals surface area contributed by atoms with Crippen LogP contribution in [0.25, 0.3) is 0 Å². The summed E-state index contributed by atoms with van der Waals surface area (Å²) >= 11 is 0. The van der Waals surface area contributed by atoms with Gasteiger partial charge in [0.05, 0.1) is 5.56 Å². The maximum Gasteiger partial charge on any atom is 0.169 e. The number of benzene rings is 1. The van der Waals surface area contributed by atoms with Crippen LogP contribution < -0.4 is 0 Å². The van der Waals surface area contributed by atoms with Crippen LogP contribution in [0.5, 0.6) is 0 Å². The lowest BCUT2D eigenvalue weighted by molar-refractivity contribution is 0.0895. The molecule has 1 unspecified atom stereocenters. The third-order valence-electron chi connectivity index (χ3n) is 3.09. The molecule has 0 heterocycles. The van der Waals surface area contributed by atoms with Crippen molar-refractivity contribution in [2.75, 3.05) is 0 Å². The molecule has 0 aliphatic heterocycles. The van der Waals surface area contributed by atoms with Gasteiger partial charge in [-0.2, -0.15) is 0 Å². The third-order valence-corrected chi connectivity index (χ3v) is 3.09. The highest BCUT2D eigenvalue weighted by Gasteiger charge is 2.23. The van der Waals surface area contributed by atoms with Gasteiger partial charge in [0.25, 0.3) is 0 Å². The van der Waals surface area contributed by atoms with E-state index >= 15 is 0 Å². The van der Waals surface area contributed by atoms with Crippen LogP contribution in [0.1, 0.15) is 42.3 Å². The summed E-state index contributed by atoms with van der Waals surface area (Å²) in [5, 5.41) is 0. The quantitative estimate of drug-likeness (QED) is 0.708. The van der Waals surface area contributed by atoms with E-state index in [-0.39, 0.29) is 23.2 Å². The summed E-state index contributed by atoms with van der Waals surface area (Å²) in [4.78, 5) is 12.1. The highest BCUT2D eigenvalue weighted by atomic mass is 19.1. The van der Waals surface area contributed by atoms with Gasteiger partial charge in [-0.15, -0.1) is 0 Å². The molecule has 1 nitrogen and oxygen atoms in total. The molecule has 0 bridgehead atoms. The summed E-state index contributed by atoms with van der Waals surface area (Å²) in [5.41, 5.74) is 1.84. The van der Waals surface area contributed by atoms with E-state index in [1.54, 1.807) is 6.92 Å². The molecule has 0 fully saturated rings. The van der Waals surface area contributed by atoms with Crippen molar-refractivity contribution in [3.05, 3.63) is 34.6 Å². The lowest BCUT2D eigenvalue weighted by atomic mass is 9.87. The standard InChI is InChI=1S/C14H19FO/c1-8(2)11(5)14(16)13-10(4)6-9(3)7-12(13)15/h6-8,11H,1-5H3. The van der Waals surface area contributed by atoms with E-state index in [4.69, 9.17) is 0 Å². The van der Waals surface area contributed by atoms with Gasteiger partial charge in [0.15, 0.2) is 5.78 Å². The molecule has 88 valence electrons. The van der Waals surface area contributed by atoms with Crippen molar-refractivity contribution in [1.29, 1.82) is 0 Å². The van der Waals surface area contributed by atoms with E-state index in [9.17, 15) is 9.18 Å². The molecule has 0 saturated carbocycles. The first-order chi connectivity index (χ1) is 7.34. The van der Waals surface area contributed by atoms with Crippen molar-refractivity contribution in [2.24, 2.45) is 11.8 Å². The molecular formula is C14H19FO. The molecule has 1 aromatic rings. The van der Waals surface area contributed by atoms with Crippen LogP contribution in [0.2, 0.25) is 0 Å². The van der Waals surface area contributed by atoms with Gasteiger partial charge in [-0.1, -0.05) is 26.8 Å². The Labute approximate surface area is 96.7 Å². The monoisotopic (exact) mass is 222 g/mol. The number of ketones is 1. The van der Waals surface area contributed by atoms with Crippen LogP contribution in [0.4, 0.5) is 4.39 Å². The summed E-state index contributed by atoms with van der Waals surface area (Å²) in [6.45, 7) is 9.42. The Morgan fingerprint density at radius 3 is 2.19 bits per heavy atom. The van der Waals surface area contributed by atoms with E-state index in [2.05, 4.69) is 0 Å². The minimum Gasteiger partial charge on any atom is -0.294 e. The van der Waals surface area contributed by atoms with Crippen molar-refractivity contribution in [1.82, 2.24) is 0 Å². The van der Waals surface area contributed by atoms with Gasteiger partial charge in [-0.25, -0.2) is 4.39 Å². The van der Waals surface area contributed by atoms with Gasteiger partial charge in [0.1, 0.15) is 5.82 Å². The van der Waals surface area contributed by atoms with Gasteiger partial charge in [-0.3, -0.25) is 4.79 Å². The zero-order valence-corrected chi connectivity index (χ0v) is 10.6. The Morgan fingerprint density at radius 2 is 1.75 bits per heavy atom. The van der Waals surface area contributed by atoms with Gasteiger partial charge < -0.3 is 0 Å². The van der Waals surface area contributed by atoms with Crippen LogP contribution in [-0.2, 0) is 0 Å². The molecule has 1 atom stereocenters. The number of halogens is 1. The summed E-state index contributed by atoms with van der Waals surface area (Å²) in [6.07, 6.45) is 0. The molecule has 2 heteroatoms. The summed E-state index contributed by atoms with van der Waals surface area (Å²) in [7, 11) is 0. The molecule has 0 aliphatic rings. The van der Waals surface area contributed by atoms with Crippen LogP contribution >= 0.6 is 0 Å². The van der Waals surface area contributed by atoms with Crippen molar-refractivity contribution >= 4 is 5.78 Å². The Bertz CT molecular complexity index is 384. The Balaban J connectivity index is 3.19. The maximum absolute atomic E-state index is 13.8. The van der Waals surface area contributed by atoms with Crippen LogP contribution in [0.15, 0.2) is 12.1 Å². The first-order valence-electron chi connectivity index (χ1n) is 5.65. The molecule has 0 aliphatic carbocycles. The van der Waals surface area contributed by atoms with Crippen molar-refractivity contribution in [2.45, 2.75) is 34.6 Å². The first kappa shape index (κ1) is 12.9. The largest absolute Gasteiger partial charge is 0.294 e. The van der Waals surface area contributed by atoms with Crippen LogP contribution in [0, 0.1) is 31.5 Å². The number of aryl methyl sites for hydroxylation is 2. The van der Waals surface area contributed by atoms with Crippen LogP contribution in [0.3, 0.4) is 0 Å². The van der Waals surface area contributed by atoms with E-state index in [1.807, 2.05) is 33.8 Å². The van der Waals surface area contributed by atoms with Gasteiger partial charge in [0, 0.05) is 5.92 Å². The van der Waals surface area contributed by atoms with Crippen molar-refractivity contribution in [3.8, 4) is 0 Å². The smallest absolute Gasteiger partial charge is 0.169 e. The summed E-state index contributed by atoms with van der Waals surface area (Å²) in [6, 6.07) is 3.27.